The van der Waals surface area contributed by atoms with Crippen molar-refractivity contribution in [1.82, 2.24) is 5.32 Å². The third-order valence-corrected chi connectivity index (χ3v) is 7.10. The van der Waals surface area contributed by atoms with Crippen LogP contribution in [0, 0.1) is 74.1 Å². The number of hydrogen-bond donors (Lipinski definition) is 1. The molecule has 0 amide bonds. The summed E-state index contributed by atoms with van der Waals surface area (Å²) in [5.41, 5.74) is 2.93. The number of nitriles is 5. The summed E-state index contributed by atoms with van der Waals surface area (Å²) in [5, 5.41) is 50.7. The molecule has 0 aromatic carbocycles. The normalized spacial score (nSPS) is 18.9. The van der Waals surface area contributed by atoms with Crippen LogP contribution in [-0.2, 0) is 4.79 Å². The Balaban J connectivity index is 2.00. The van der Waals surface area contributed by atoms with Gasteiger partial charge in [0, 0.05) is 25.1 Å². The lowest BCUT2D eigenvalue weighted by Crippen LogP contribution is -2.29. The van der Waals surface area contributed by atoms with Gasteiger partial charge in [0.15, 0.2) is 0 Å². The van der Waals surface area contributed by atoms with Crippen molar-refractivity contribution in [3.8, 4) is 30.3 Å². The first kappa shape index (κ1) is 30.6. The largest absolute Gasteiger partial charge is 0.387 e. The van der Waals surface area contributed by atoms with Gasteiger partial charge >= 0.3 is 0 Å². The molecule has 0 atom stereocenters. The van der Waals surface area contributed by atoms with Gasteiger partial charge in [0.1, 0.15) is 23.5 Å². The van der Waals surface area contributed by atoms with E-state index in [0.717, 1.165) is 12.0 Å². The van der Waals surface area contributed by atoms with Crippen molar-refractivity contribution in [2.24, 2.45) is 10.8 Å². The lowest BCUT2D eigenvalue weighted by Gasteiger charge is -2.33. The predicted molar refractivity (Wildman–Crippen MR) is 145 cm³/mol. The molecule has 1 N–H and O–H groups in total. The number of unbranched alkanes of at least 4 members (excludes halogenated alkanes) is 1. The lowest BCUT2D eigenvalue weighted by atomic mass is 9.70. The van der Waals surface area contributed by atoms with Crippen LogP contribution in [0.3, 0.4) is 0 Å². The summed E-state index contributed by atoms with van der Waals surface area (Å²) in [7, 11) is 0. The minimum atomic E-state index is -0.226. The highest BCUT2D eigenvalue weighted by atomic mass is 16.1. The molecule has 0 heterocycles. The Labute approximate surface area is 231 Å². The van der Waals surface area contributed by atoms with Crippen LogP contribution in [0.25, 0.3) is 4.85 Å². The van der Waals surface area contributed by atoms with Gasteiger partial charge in [-0.25, -0.2) is 10.1 Å². The van der Waals surface area contributed by atoms with E-state index >= 15 is 0 Å². The zero-order valence-corrected chi connectivity index (χ0v) is 23.2. The average molecular weight is 520 g/mol. The molecule has 0 saturated carbocycles. The number of Topliss-reactive ketones (excluding diaryl/α,β-unsaturated/α-hetero) is 1. The minimum Gasteiger partial charge on any atom is -0.387 e. The Morgan fingerprint density at radius 2 is 1.46 bits per heavy atom. The molecule has 2 aliphatic carbocycles. The number of rotatable bonds is 9. The quantitative estimate of drug-likeness (QED) is 0.211. The van der Waals surface area contributed by atoms with Crippen LogP contribution in [0.2, 0.25) is 0 Å². The Kier molecular flexibility index (Phi) is 10.4. The van der Waals surface area contributed by atoms with E-state index in [-0.39, 0.29) is 34.3 Å². The van der Waals surface area contributed by atoms with Crippen molar-refractivity contribution < 1.29 is 4.79 Å². The van der Waals surface area contributed by atoms with Gasteiger partial charge in [-0.15, -0.1) is 0 Å². The minimum absolute atomic E-state index is 0.00364. The van der Waals surface area contributed by atoms with Crippen LogP contribution < -0.4 is 5.32 Å². The summed E-state index contributed by atoms with van der Waals surface area (Å²) in [5.74, 6) is 0.0848. The zero-order chi connectivity index (χ0) is 29.2. The fraction of sp³-hybridized carbons (Fsp3) is 0.516. The van der Waals surface area contributed by atoms with Gasteiger partial charge in [0.25, 0.3) is 5.70 Å². The third kappa shape index (κ3) is 7.93. The highest BCUT2D eigenvalue weighted by Crippen LogP contribution is 2.44. The van der Waals surface area contributed by atoms with Crippen LogP contribution in [0.4, 0.5) is 0 Å². The van der Waals surface area contributed by atoms with Crippen molar-refractivity contribution >= 4 is 5.78 Å². The smallest absolute Gasteiger partial charge is 0.266 e. The fourth-order valence-electron chi connectivity index (χ4n) is 5.41. The van der Waals surface area contributed by atoms with Crippen LogP contribution in [0.5, 0.6) is 0 Å². The second-order valence-corrected chi connectivity index (χ2v) is 11.6. The fourth-order valence-corrected chi connectivity index (χ4v) is 5.41. The van der Waals surface area contributed by atoms with Gasteiger partial charge in [-0.2, -0.15) is 21.0 Å². The molecule has 8 heteroatoms. The SMILES string of the molecule is [C-]#[N+]/C(C#N)=C1\CC(C)(C)CC(NCCC(=O)CCCCC2=C(C#N)C(=C(C#N)C#N)CC(C)(C)C2)=C1C#N. The van der Waals surface area contributed by atoms with E-state index in [9.17, 15) is 31.1 Å². The van der Waals surface area contributed by atoms with Gasteiger partial charge in [-0.1, -0.05) is 33.3 Å². The molecule has 0 radical (unpaired) electrons. The predicted octanol–water partition coefficient (Wildman–Crippen LogP) is 6.37. The number of nitrogens with one attached hydrogen (secondary N) is 1. The van der Waals surface area contributed by atoms with Crippen LogP contribution in [0.1, 0.15) is 85.5 Å². The summed E-state index contributed by atoms with van der Waals surface area (Å²) >= 11 is 0. The van der Waals surface area contributed by atoms with Gasteiger partial charge in [-0.05, 0) is 66.9 Å². The molecule has 39 heavy (non-hydrogen) atoms. The molecule has 0 bridgehead atoms. The number of carbonyl (C=O) groups excluding carboxylic acids is 1. The summed E-state index contributed by atoms with van der Waals surface area (Å²) in [4.78, 5) is 15.9. The molecular formula is C31H33N7O. The van der Waals surface area contributed by atoms with Gasteiger partial charge in [0.05, 0.1) is 35.9 Å². The maximum atomic E-state index is 12.6. The van der Waals surface area contributed by atoms with E-state index < -0.39 is 0 Å². The van der Waals surface area contributed by atoms with E-state index in [2.05, 4.69) is 36.1 Å². The Bertz CT molecular complexity index is 1380. The number of hydrogen-bond acceptors (Lipinski definition) is 7. The molecular weight excluding hydrogens is 486 g/mol. The van der Waals surface area contributed by atoms with Crippen molar-refractivity contribution in [2.45, 2.75) is 85.5 Å². The highest BCUT2D eigenvalue weighted by molar-refractivity contribution is 5.78. The average Bonchev–Trinajstić information content (AvgIpc) is 2.87. The third-order valence-electron chi connectivity index (χ3n) is 7.10. The maximum Gasteiger partial charge on any atom is 0.266 e. The Hall–Kier alpha value is -4.63. The summed E-state index contributed by atoms with van der Waals surface area (Å²) in [6.07, 6.45) is 4.97. The summed E-state index contributed by atoms with van der Waals surface area (Å²) < 4.78 is 0. The van der Waals surface area contributed by atoms with E-state index in [1.54, 1.807) is 0 Å². The van der Waals surface area contributed by atoms with Crippen molar-refractivity contribution in [1.29, 1.82) is 26.3 Å². The first-order valence-electron chi connectivity index (χ1n) is 13.0. The highest BCUT2D eigenvalue weighted by Gasteiger charge is 2.33. The van der Waals surface area contributed by atoms with Crippen molar-refractivity contribution in [2.75, 3.05) is 6.54 Å². The molecule has 198 valence electrons. The first-order valence-corrected chi connectivity index (χ1v) is 13.0. The molecule has 2 aliphatic rings. The van der Waals surface area contributed by atoms with E-state index in [0.29, 0.717) is 79.5 Å². The molecule has 0 fully saturated rings. The monoisotopic (exact) mass is 519 g/mol. The summed E-state index contributed by atoms with van der Waals surface area (Å²) in [6.45, 7) is 15.8. The number of nitrogens with zero attached hydrogens (tertiary/aromatic N) is 6. The molecule has 0 aromatic rings. The van der Waals surface area contributed by atoms with Crippen LogP contribution >= 0.6 is 0 Å². The van der Waals surface area contributed by atoms with E-state index in [1.165, 1.54) is 0 Å². The van der Waals surface area contributed by atoms with Gasteiger partial charge in [-0.3, -0.25) is 4.79 Å². The number of allylic oxidation sites excluding steroid dienone is 8. The summed E-state index contributed by atoms with van der Waals surface area (Å²) in [6, 6.07) is 10.1. The van der Waals surface area contributed by atoms with Crippen molar-refractivity contribution in [3.63, 3.8) is 0 Å². The standard InChI is InChI=1S/C31H33N7O/c1-30(2)12-21(26(18-34)24(13-30)22(16-32)17-33)8-6-7-9-23(39)10-11-38-28-15-31(3,4)14-25(27(28)19-35)29(20-36)37-5/h38H,6-15H2,1-4H3/b29-25+. The number of carbonyl (C=O) groups is 1. The second-order valence-electron chi connectivity index (χ2n) is 11.6. The first-order chi connectivity index (χ1) is 18.4. The lowest BCUT2D eigenvalue weighted by molar-refractivity contribution is -0.119. The topological polar surface area (TPSA) is 152 Å². The van der Waals surface area contributed by atoms with Crippen LogP contribution in [-0.4, -0.2) is 12.3 Å². The Morgan fingerprint density at radius 3 is 2.03 bits per heavy atom. The number of ketones is 1. The van der Waals surface area contributed by atoms with Gasteiger partial charge in [0.2, 0.25) is 0 Å². The second kappa shape index (κ2) is 13.3. The van der Waals surface area contributed by atoms with Crippen LogP contribution in [0.15, 0.2) is 44.8 Å². The zero-order valence-electron chi connectivity index (χ0n) is 23.2. The molecule has 8 nitrogen and oxygen atoms in total. The molecule has 2 rings (SSSR count). The van der Waals surface area contributed by atoms with Crippen molar-refractivity contribution in [3.05, 3.63) is 56.2 Å². The molecule has 0 saturated heterocycles. The molecule has 0 unspecified atom stereocenters. The van der Waals surface area contributed by atoms with Gasteiger partial charge < -0.3 is 5.32 Å². The molecule has 0 aromatic heterocycles. The molecule has 0 aliphatic heterocycles. The molecule has 0 spiro atoms. The van der Waals surface area contributed by atoms with E-state index in [4.69, 9.17) is 6.57 Å². The van der Waals surface area contributed by atoms with E-state index in [1.807, 2.05) is 32.1 Å². The maximum absolute atomic E-state index is 12.6. The Morgan fingerprint density at radius 1 is 0.846 bits per heavy atom.